The Morgan fingerprint density at radius 3 is 2.70 bits per heavy atom. The minimum Gasteiger partial charge on any atom is -0.480 e. The predicted octanol–water partition coefficient (Wildman–Crippen LogP) is 1.44. The molecule has 1 aromatic heterocycles. The molecule has 2 aliphatic heterocycles. The smallest absolute Gasteiger partial charge is 0.326 e. The van der Waals surface area contributed by atoms with E-state index < -0.39 is 12.0 Å². The van der Waals surface area contributed by atoms with Crippen LogP contribution < -0.4 is 0 Å². The summed E-state index contributed by atoms with van der Waals surface area (Å²) in [6.45, 7) is 3.43. The summed E-state index contributed by atoms with van der Waals surface area (Å²) in [5, 5.41) is 15.9. The minimum atomic E-state index is -0.967. The molecule has 3 rings (SSSR count). The minimum absolute atomic E-state index is 0.0504. The standard InChI is InChI=1S/C19H28N4O4/c1-14(18(26)27)23-13-19(6-5-17(23)25)7-9-22(10-8-19)16(24)4-2-3-15-11-20-21-12-15/h11-12,14H,2-10,13H2,1H3,(H,20,21)(H,26,27). The summed E-state index contributed by atoms with van der Waals surface area (Å²) in [4.78, 5) is 39.3. The van der Waals surface area contributed by atoms with Crippen molar-refractivity contribution >= 4 is 17.8 Å². The Labute approximate surface area is 158 Å². The van der Waals surface area contributed by atoms with Gasteiger partial charge in [-0.2, -0.15) is 5.10 Å². The van der Waals surface area contributed by atoms with Crippen LogP contribution in [0.1, 0.15) is 51.0 Å². The molecule has 2 amide bonds. The number of carboxylic acid groups (broad SMARTS) is 1. The second kappa shape index (κ2) is 8.10. The zero-order chi connectivity index (χ0) is 19.4. The number of H-pyrrole nitrogens is 1. The van der Waals surface area contributed by atoms with E-state index in [2.05, 4.69) is 10.2 Å². The molecule has 1 atom stereocenters. The maximum atomic E-state index is 12.5. The van der Waals surface area contributed by atoms with Gasteiger partial charge in [0.05, 0.1) is 6.20 Å². The van der Waals surface area contributed by atoms with Gasteiger partial charge in [-0.1, -0.05) is 0 Å². The molecule has 2 aliphatic rings. The van der Waals surface area contributed by atoms with Gasteiger partial charge in [-0.25, -0.2) is 4.79 Å². The number of carbonyl (C=O) groups excluding carboxylic acids is 2. The SMILES string of the molecule is CC(C(=O)O)N1CC2(CCC1=O)CCN(C(=O)CCCc1cn[nH]c1)CC2. The summed E-state index contributed by atoms with van der Waals surface area (Å²) >= 11 is 0. The molecule has 1 aromatic rings. The average molecular weight is 376 g/mol. The Hall–Kier alpha value is -2.38. The van der Waals surface area contributed by atoms with E-state index in [1.165, 1.54) is 4.90 Å². The van der Waals surface area contributed by atoms with Crippen LogP contribution in [0.3, 0.4) is 0 Å². The van der Waals surface area contributed by atoms with Gasteiger partial charge in [0.25, 0.3) is 0 Å². The Bertz CT molecular complexity index is 680. The molecule has 0 radical (unpaired) electrons. The fourth-order valence-electron chi connectivity index (χ4n) is 4.19. The van der Waals surface area contributed by atoms with Gasteiger partial charge in [0.15, 0.2) is 0 Å². The van der Waals surface area contributed by atoms with E-state index in [9.17, 15) is 19.5 Å². The highest BCUT2D eigenvalue weighted by molar-refractivity contribution is 5.84. The summed E-state index contributed by atoms with van der Waals surface area (Å²) in [5.41, 5.74) is 1.06. The van der Waals surface area contributed by atoms with Crippen molar-refractivity contribution in [3.05, 3.63) is 18.0 Å². The molecule has 148 valence electrons. The molecule has 0 saturated carbocycles. The first kappa shape index (κ1) is 19.4. The number of aromatic nitrogens is 2. The molecule has 1 spiro atoms. The summed E-state index contributed by atoms with van der Waals surface area (Å²) in [5.74, 6) is -0.866. The van der Waals surface area contributed by atoms with Gasteiger partial charge >= 0.3 is 5.97 Å². The summed E-state index contributed by atoms with van der Waals surface area (Å²) < 4.78 is 0. The summed E-state index contributed by atoms with van der Waals surface area (Å²) in [6.07, 6.45) is 8.65. The van der Waals surface area contributed by atoms with Crippen LogP contribution in [-0.4, -0.2) is 68.6 Å². The van der Waals surface area contributed by atoms with Gasteiger partial charge in [-0.15, -0.1) is 0 Å². The highest BCUT2D eigenvalue weighted by Gasteiger charge is 2.43. The lowest BCUT2D eigenvalue weighted by Gasteiger charge is -2.48. The zero-order valence-corrected chi connectivity index (χ0v) is 15.8. The topological polar surface area (TPSA) is 107 Å². The second-order valence-corrected chi connectivity index (χ2v) is 7.88. The molecule has 0 bridgehead atoms. The van der Waals surface area contributed by atoms with Crippen molar-refractivity contribution in [3.8, 4) is 0 Å². The number of nitrogens with zero attached hydrogens (tertiary/aromatic N) is 3. The number of rotatable bonds is 6. The van der Waals surface area contributed by atoms with Gasteiger partial charge in [0.1, 0.15) is 6.04 Å². The number of aromatic amines is 1. The van der Waals surface area contributed by atoms with E-state index in [1.54, 1.807) is 13.1 Å². The monoisotopic (exact) mass is 376 g/mol. The molecule has 8 nitrogen and oxygen atoms in total. The third-order valence-corrected chi connectivity index (χ3v) is 6.11. The molecule has 1 unspecified atom stereocenters. The lowest BCUT2D eigenvalue weighted by molar-refractivity contribution is -0.155. The summed E-state index contributed by atoms with van der Waals surface area (Å²) in [7, 11) is 0. The van der Waals surface area contributed by atoms with Gasteiger partial charge < -0.3 is 14.9 Å². The first-order chi connectivity index (χ1) is 12.9. The zero-order valence-electron chi connectivity index (χ0n) is 15.8. The maximum Gasteiger partial charge on any atom is 0.326 e. The van der Waals surface area contributed by atoms with Crippen molar-refractivity contribution in [2.75, 3.05) is 19.6 Å². The number of aryl methyl sites for hydroxylation is 1. The van der Waals surface area contributed by atoms with Gasteiger partial charge in [0.2, 0.25) is 11.8 Å². The van der Waals surface area contributed by atoms with Gasteiger partial charge in [-0.3, -0.25) is 14.7 Å². The van der Waals surface area contributed by atoms with E-state index >= 15 is 0 Å². The molecule has 2 fully saturated rings. The number of carbonyl (C=O) groups is 3. The number of piperidine rings is 2. The lowest BCUT2D eigenvalue weighted by Crippen LogP contribution is -2.55. The molecule has 27 heavy (non-hydrogen) atoms. The second-order valence-electron chi connectivity index (χ2n) is 7.88. The van der Waals surface area contributed by atoms with Crippen LogP contribution in [0, 0.1) is 5.41 Å². The van der Waals surface area contributed by atoms with Gasteiger partial charge in [-0.05, 0) is 50.0 Å². The largest absolute Gasteiger partial charge is 0.480 e. The Morgan fingerprint density at radius 2 is 2.07 bits per heavy atom. The molecule has 0 aromatic carbocycles. The average Bonchev–Trinajstić information content (AvgIpc) is 3.17. The molecule has 2 saturated heterocycles. The highest BCUT2D eigenvalue weighted by atomic mass is 16.4. The van der Waals surface area contributed by atoms with Crippen LogP contribution in [0.2, 0.25) is 0 Å². The van der Waals surface area contributed by atoms with E-state index in [1.807, 2.05) is 11.1 Å². The number of likely N-dealkylation sites (tertiary alicyclic amines) is 2. The quantitative estimate of drug-likeness (QED) is 0.781. The fraction of sp³-hybridized carbons (Fsp3) is 0.684. The van der Waals surface area contributed by atoms with Crippen LogP contribution in [-0.2, 0) is 20.8 Å². The van der Waals surface area contributed by atoms with Crippen molar-refractivity contribution < 1.29 is 19.5 Å². The maximum absolute atomic E-state index is 12.5. The van der Waals surface area contributed by atoms with Crippen molar-refractivity contribution in [2.24, 2.45) is 5.41 Å². The first-order valence-corrected chi connectivity index (χ1v) is 9.68. The van der Waals surface area contributed by atoms with E-state index in [0.717, 1.165) is 37.7 Å². The van der Waals surface area contributed by atoms with Crippen molar-refractivity contribution in [3.63, 3.8) is 0 Å². The van der Waals surface area contributed by atoms with Crippen LogP contribution in [0.4, 0.5) is 0 Å². The van der Waals surface area contributed by atoms with E-state index in [-0.39, 0.29) is 17.2 Å². The van der Waals surface area contributed by atoms with Crippen molar-refractivity contribution in [1.29, 1.82) is 0 Å². The van der Waals surface area contributed by atoms with E-state index in [0.29, 0.717) is 32.5 Å². The Kier molecular flexibility index (Phi) is 5.82. The fourth-order valence-corrected chi connectivity index (χ4v) is 4.19. The number of aliphatic carboxylic acids is 1. The third kappa shape index (κ3) is 4.48. The van der Waals surface area contributed by atoms with Crippen molar-refractivity contribution in [1.82, 2.24) is 20.0 Å². The number of hydrogen-bond donors (Lipinski definition) is 2. The Morgan fingerprint density at radius 1 is 1.33 bits per heavy atom. The number of amides is 2. The normalized spacial score (nSPS) is 20.7. The first-order valence-electron chi connectivity index (χ1n) is 9.68. The number of hydrogen-bond acceptors (Lipinski definition) is 4. The van der Waals surface area contributed by atoms with Crippen LogP contribution >= 0.6 is 0 Å². The molecule has 2 N–H and O–H groups in total. The summed E-state index contributed by atoms with van der Waals surface area (Å²) in [6, 6.07) is -0.794. The number of nitrogens with one attached hydrogen (secondary N) is 1. The van der Waals surface area contributed by atoms with Crippen LogP contribution in [0.15, 0.2) is 12.4 Å². The molecule has 8 heteroatoms. The lowest BCUT2D eigenvalue weighted by atomic mass is 9.72. The predicted molar refractivity (Wildman–Crippen MR) is 97.8 cm³/mol. The molecular weight excluding hydrogens is 348 g/mol. The molecule has 3 heterocycles. The highest BCUT2D eigenvalue weighted by Crippen LogP contribution is 2.40. The van der Waals surface area contributed by atoms with Gasteiger partial charge in [0, 0.05) is 38.7 Å². The molecular formula is C19H28N4O4. The van der Waals surface area contributed by atoms with E-state index in [4.69, 9.17) is 0 Å². The van der Waals surface area contributed by atoms with Crippen molar-refractivity contribution in [2.45, 2.75) is 57.9 Å². The third-order valence-electron chi connectivity index (χ3n) is 6.11. The molecule has 0 aliphatic carbocycles. The number of carboxylic acids is 1. The Balaban J connectivity index is 1.49. The van der Waals surface area contributed by atoms with Crippen LogP contribution in [0.5, 0.6) is 0 Å². The van der Waals surface area contributed by atoms with Crippen LogP contribution in [0.25, 0.3) is 0 Å².